The van der Waals surface area contributed by atoms with Gasteiger partial charge in [-0.3, -0.25) is 9.59 Å². The van der Waals surface area contributed by atoms with Crippen LogP contribution in [0.2, 0.25) is 0 Å². The minimum atomic E-state index is -0.994. The van der Waals surface area contributed by atoms with E-state index < -0.39 is 22.8 Å². The van der Waals surface area contributed by atoms with E-state index in [-0.39, 0.29) is 23.6 Å². The number of carbonyl (C=O) groups is 3. The Labute approximate surface area is 157 Å². The number of nitrogens with zero attached hydrogens (tertiary/aromatic N) is 1. The van der Waals surface area contributed by atoms with Crippen molar-refractivity contribution in [2.24, 2.45) is 0 Å². The van der Waals surface area contributed by atoms with E-state index in [1.807, 2.05) is 37.3 Å². The van der Waals surface area contributed by atoms with Gasteiger partial charge in [0.2, 0.25) is 11.8 Å². The van der Waals surface area contributed by atoms with Gasteiger partial charge < -0.3 is 15.3 Å². The molecule has 1 aromatic rings. The van der Waals surface area contributed by atoms with E-state index in [1.165, 1.54) is 16.7 Å². The van der Waals surface area contributed by atoms with Crippen LogP contribution in [0.4, 0.5) is 0 Å². The zero-order valence-electron chi connectivity index (χ0n) is 12.9. The highest BCUT2D eigenvalue weighted by Gasteiger charge is 2.65. The van der Waals surface area contributed by atoms with Crippen LogP contribution in [0, 0.1) is 0 Å². The normalized spacial score (nSPS) is 31.3. The predicted molar refractivity (Wildman–Crippen MR) is 99.0 cm³/mol. The molecule has 2 N–H and O–H groups in total. The fourth-order valence-electron chi connectivity index (χ4n) is 3.14. The first-order valence-electron chi connectivity index (χ1n) is 7.49. The fraction of sp³-hybridized carbons (Fsp3) is 0.438. The Kier molecular flexibility index (Phi) is 4.78. The van der Waals surface area contributed by atoms with Gasteiger partial charge in [-0.2, -0.15) is 0 Å². The van der Waals surface area contributed by atoms with Gasteiger partial charge in [-0.1, -0.05) is 52.9 Å². The summed E-state index contributed by atoms with van der Waals surface area (Å²) in [5, 5.41) is 11.9. The lowest BCUT2D eigenvalue weighted by atomic mass is 9.96. The van der Waals surface area contributed by atoms with Gasteiger partial charge in [-0.25, -0.2) is 4.79 Å². The zero-order chi connectivity index (χ0) is 17.5. The summed E-state index contributed by atoms with van der Waals surface area (Å²) in [6.07, 6.45) is 0.202. The molecule has 3 rings (SSSR count). The number of rotatable bonds is 5. The molecule has 24 heavy (non-hydrogen) atoms. The first-order chi connectivity index (χ1) is 11.4. The van der Waals surface area contributed by atoms with Gasteiger partial charge in [0.25, 0.3) is 0 Å². The van der Waals surface area contributed by atoms with Crippen molar-refractivity contribution in [2.75, 3.05) is 4.43 Å². The Balaban J connectivity index is 1.69. The second kappa shape index (κ2) is 6.55. The molecule has 6 nitrogen and oxygen atoms in total. The molecule has 2 saturated heterocycles. The van der Waals surface area contributed by atoms with E-state index in [1.54, 1.807) is 0 Å². The van der Waals surface area contributed by atoms with Crippen molar-refractivity contribution >= 4 is 52.1 Å². The maximum Gasteiger partial charge on any atom is 0.327 e. The number of carboxylic acid groups (broad SMARTS) is 1. The first-order valence-corrected chi connectivity index (χ1v) is 9.90. The van der Waals surface area contributed by atoms with Crippen molar-refractivity contribution in [3.05, 3.63) is 35.9 Å². The minimum Gasteiger partial charge on any atom is -0.480 e. The summed E-state index contributed by atoms with van der Waals surface area (Å²) in [7, 11) is 0. The third-order valence-electron chi connectivity index (χ3n) is 4.35. The number of halogens is 1. The number of alkyl halides is 1. The summed E-state index contributed by atoms with van der Waals surface area (Å²) in [6.45, 7) is 1.86. The van der Waals surface area contributed by atoms with Crippen LogP contribution in [0.3, 0.4) is 0 Å². The maximum absolute atomic E-state index is 12.4. The number of carbonyl (C=O) groups excluding carboxylic acids is 2. The molecule has 2 aliphatic rings. The van der Waals surface area contributed by atoms with Gasteiger partial charge in [-0.05, 0) is 12.5 Å². The average Bonchev–Trinajstić information content (AvgIpc) is 2.84. The van der Waals surface area contributed by atoms with Crippen LogP contribution in [0.1, 0.15) is 12.5 Å². The average molecular weight is 460 g/mol. The standard InChI is InChI=1S/C16H17IN2O4S/c1-16(8-17)12(15(22)23)19-13(21)11(14(19)24-16)18-10(20)7-9-5-3-2-4-6-9/h2-6,11-12,14H,7-8H2,1H3,(H,18,20)(H,22,23)/t11?,12?,14-,16?/m1/s1. The van der Waals surface area contributed by atoms with Gasteiger partial charge in [0.1, 0.15) is 17.5 Å². The van der Waals surface area contributed by atoms with Crippen LogP contribution >= 0.6 is 34.4 Å². The second-order valence-corrected chi connectivity index (χ2v) is 8.56. The number of amides is 2. The molecule has 128 valence electrons. The van der Waals surface area contributed by atoms with Crippen LogP contribution in [-0.2, 0) is 20.8 Å². The van der Waals surface area contributed by atoms with Gasteiger partial charge >= 0.3 is 5.97 Å². The lowest BCUT2D eigenvalue weighted by Crippen LogP contribution is -2.70. The Morgan fingerprint density at radius 3 is 2.62 bits per heavy atom. The number of hydrogen-bond donors (Lipinski definition) is 2. The van der Waals surface area contributed by atoms with E-state index in [4.69, 9.17) is 0 Å². The molecule has 2 amide bonds. The number of hydrogen-bond acceptors (Lipinski definition) is 4. The van der Waals surface area contributed by atoms with Crippen LogP contribution in [0.15, 0.2) is 30.3 Å². The van der Waals surface area contributed by atoms with Crippen molar-refractivity contribution < 1.29 is 19.5 Å². The van der Waals surface area contributed by atoms with Crippen molar-refractivity contribution in [1.82, 2.24) is 10.2 Å². The van der Waals surface area contributed by atoms with E-state index in [2.05, 4.69) is 27.9 Å². The predicted octanol–water partition coefficient (Wildman–Crippen LogP) is 1.28. The van der Waals surface area contributed by atoms with E-state index >= 15 is 0 Å². The molecule has 2 heterocycles. The van der Waals surface area contributed by atoms with Crippen molar-refractivity contribution in [2.45, 2.75) is 35.5 Å². The number of β-lactam (4-membered cyclic amide) rings is 1. The van der Waals surface area contributed by atoms with E-state index in [0.717, 1.165) is 5.56 Å². The molecule has 0 bridgehead atoms. The first kappa shape index (κ1) is 17.5. The van der Waals surface area contributed by atoms with E-state index in [9.17, 15) is 19.5 Å². The molecule has 0 aliphatic carbocycles. The summed E-state index contributed by atoms with van der Waals surface area (Å²) < 4.78 is 0.0585. The van der Waals surface area contributed by atoms with E-state index in [0.29, 0.717) is 4.43 Å². The third kappa shape index (κ3) is 2.90. The molecule has 1 aromatic carbocycles. The summed E-state index contributed by atoms with van der Waals surface area (Å²) in [5.74, 6) is -1.53. The number of aliphatic carboxylic acids is 1. The molecule has 2 fully saturated rings. The minimum absolute atomic E-state index is 0.202. The summed E-state index contributed by atoms with van der Waals surface area (Å²) in [5.41, 5.74) is 0.873. The monoisotopic (exact) mass is 460 g/mol. The highest BCUT2D eigenvalue weighted by molar-refractivity contribution is 14.1. The Hall–Kier alpha value is -1.29. The SMILES string of the molecule is CC1(CI)S[C@@H]2C(NC(=O)Cc3ccccc3)C(=O)N2C1C(=O)O. The van der Waals surface area contributed by atoms with Gasteiger partial charge in [-0.15, -0.1) is 11.8 Å². The Morgan fingerprint density at radius 1 is 1.38 bits per heavy atom. The van der Waals surface area contributed by atoms with Gasteiger partial charge in [0, 0.05) is 4.43 Å². The molecule has 0 radical (unpaired) electrons. The molecular formula is C16H17IN2O4S. The zero-order valence-corrected chi connectivity index (χ0v) is 15.9. The largest absolute Gasteiger partial charge is 0.480 e. The Bertz CT molecular complexity index is 686. The lowest BCUT2D eigenvalue weighted by Gasteiger charge is -2.43. The molecule has 8 heteroatoms. The number of thioether (sulfide) groups is 1. The topological polar surface area (TPSA) is 86.7 Å². The van der Waals surface area contributed by atoms with Crippen LogP contribution < -0.4 is 5.32 Å². The summed E-state index contributed by atoms with van der Waals surface area (Å²) in [6, 6.07) is 7.81. The summed E-state index contributed by atoms with van der Waals surface area (Å²) >= 11 is 3.61. The van der Waals surface area contributed by atoms with Crippen molar-refractivity contribution in [1.29, 1.82) is 0 Å². The summed E-state index contributed by atoms with van der Waals surface area (Å²) in [4.78, 5) is 37.6. The van der Waals surface area contributed by atoms with Crippen LogP contribution in [-0.4, -0.2) is 54.4 Å². The number of nitrogens with one attached hydrogen (secondary N) is 1. The number of fused-ring (bicyclic) bond motifs is 1. The number of carboxylic acids is 1. The molecule has 2 aliphatic heterocycles. The third-order valence-corrected chi connectivity index (χ3v) is 8.10. The second-order valence-electron chi connectivity index (χ2n) is 6.15. The molecule has 0 aromatic heterocycles. The molecule has 0 spiro atoms. The van der Waals surface area contributed by atoms with Crippen LogP contribution in [0.5, 0.6) is 0 Å². The van der Waals surface area contributed by atoms with Crippen molar-refractivity contribution in [3.8, 4) is 0 Å². The molecular weight excluding hydrogens is 443 g/mol. The molecule has 3 unspecified atom stereocenters. The quantitative estimate of drug-likeness (QED) is 0.393. The van der Waals surface area contributed by atoms with Crippen molar-refractivity contribution in [3.63, 3.8) is 0 Å². The lowest BCUT2D eigenvalue weighted by molar-refractivity contribution is -0.161. The smallest absolute Gasteiger partial charge is 0.327 e. The Morgan fingerprint density at radius 2 is 2.04 bits per heavy atom. The number of benzene rings is 1. The van der Waals surface area contributed by atoms with Crippen LogP contribution in [0.25, 0.3) is 0 Å². The fourth-order valence-corrected chi connectivity index (χ4v) is 5.72. The highest BCUT2D eigenvalue weighted by atomic mass is 127. The highest BCUT2D eigenvalue weighted by Crippen LogP contribution is 2.51. The molecule has 0 saturated carbocycles. The molecule has 4 atom stereocenters. The van der Waals surface area contributed by atoms with Gasteiger partial charge in [0.05, 0.1) is 11.2 Å². The maximum atomic E-state index is 12.4. The van der Waals surface area contributed by atoms with Gasteiger partial charge in [0.15, 0.2) is 0 Å².